The standard InChI is InChI=1S/C16H18ClFN2O3/c1-3-8(2)14(21)7-20-16(23)10-6-19-13-5-11(17)12(18)4-9(13)15(10)22/h4-6,8,14,21H,3,7H2,1-2H3,(H,19,22)(H,20,23). The van der Waals surface area contributed by atoms with Crippen LogP contribution in [-0.4, -0.2) is 28.6 Å². The average Bonchev–Trinajstić information content (AvgIpc) is 2.53. The van der Waals surface area contributed by atoms with Gasteiger partial charge in [-0.15, -0.1) is 0 Å². The summed E-state index contributed by atoms with van der Waals surface area (Å²) in [5.74, 6) is -1.32. The summed E-state index contributed by atoms with van der Waals surface area (Å²) in [5.41, 5.74) is -0.391. The van der Waals surface area contributed by atoms with Crippen molar-refractivity contribution in [2.24, 2.45) is 5.92 Å². The predicted octanol–water partition coefficient (Wildman–Crippen LogP) is 2.46. The summed E-state index contributed by atoms with van der Waals surface area (Å²) >= 11 is 5.67. The molecule has 5 nitrogen and oxygen atoms in total. The fourth-order valence-electron chi connectivity index (χ4n) is 2.15. The summed E-state index contributed by atoms with van der Waals surface area (Å²) in [4.78, 5) is 27.2. The highest BCUT2D eigenvalue weighted by atomic mass is 35.5. The monoisotopic (exact) mass is 340 g/mol. The van der Waals surface area contributed by atoms with Gasteiger partial charge >= 0.3 is 0 Å². The van der Waals surface area contributed by atoms with Gasteiger partial charge in [0, 0.05) is 18.1 Å². The number of benzene rings is 1. The van der Waals surface area contributed by atoms with Gasteiger partial charge in [0.05, 0.1) is 16.6 Å². The Morgan fingerprint density at radius 2 is 2.17 bits per heavy atom. The van der Waals surface area contributed by atoms with Crippen LogP contribution in [0.15, 0.2) is 23.1 Å². The minimum Gasteiger partial charge on any atom is -0.391 e. The molecule has 1 aromatic heterocycles. The van der Waals surface area contributed by atoms with E-state index in [9.17, 15) is 19.1 Å². The zero-order valence-electron chi connectivity index (χ0n) is 12.8. The second-order valence-corrected chi connectivity index (χ2v) is 5.91. The average molecular weight is 341 g/mol. The number of aromatic amines is 1. The van der Waals surface area contributed by atoms with E-state index in [0.29, 0.717) is 5.52 Å². The molecule has 124 valence electrons. The molecule has 3 N–H and O–H groups in total. The zero-order valence-corrected chi connectivity index (χ0v) is 13.6. The Morgan fingerprint density at radius 1 is 1.48 bits per heavy atom. The molecule has 1 amide bonds. The number of rotatable bonds is 5. The van der Waals surface area contributed by atoms with Gasteiger partial charge in [0.1, 0.15) is 11.4 Å². The zero-order chi connectivity index (χ0) is 17.1. The molecule has 0 aliphatic carbocycles. The summed E-state index contributed by atoms with van der Waals surface area (Å²) in [7, 11) is 0. The smallest absolute Gasteiger partial charge is 0.256 e. The molecule has 0 fully saturated rings. The van der Waals surface area contributed by atoms with Crippen LogP contribution in [-0.2, 0) is 0 Å². The quantitative estimate of drug-likeness (QED) is 0.782. The number of carbonyl (C=O) groups is 1. The minimum absolute atomic E-state index is 0.0291. The summed E-state index contributed by atoms with van der Waals surface area (Å²) < 4.78 is 13.5. The molecule has 0 spiro atoms. The number of carbonyl (C=O) groups excluding carboxylic acids is 1. The molecule has 0 aliphatic rings. The van der Waals surface area contributed by atoms with Crippen LogP contribution in [0.4, 0.5) is 4.39 Å². The van der Waals surface area contributed by atoms with Crippen molar-refractivity contribution in [2.75, 3.05) is 6.54 Å². The van der Waals surface area contributed by atoms with E-state index in [-0.39, 0.29) is 28.4 Å². The maximum atomic E-state index is 13.5. The van der Waals surface area contributed by atoms with Crippen molar-refractivity contribution in [1.29, 1.82) is 0 Å². The molecule has 2 rings (SSSR count). The number of aromatic nitrogens is 1. The van der Waals surface area contributed by atoms with Gasteiger partial charge in [-0.25, -0.2) is 4.39 Å². The van der Waals surface area contributed by atoms with Crippen molar-refractivity contribution >= 4 is 28.4 Å². The lowest BCUT2D eigenvalue weighted by molar-refractivity contribution is 0.0849. The van der Waals surface area contributed by atoms with Crippen molar-refractivity contribution < 1.29 is 14.3 Å². The van der Waals surface area contributed by atoms with Gasteiger partial charge in [-0.05, 0) is 18.1 Å². The van der Waals surface area contributed by atoms with Crippen LogP contribution in [0.1, 0.15) is 30.6 Å². The molecule has 1 aromatic carbocycles. The Morgan fingerprint density at radius 3 is 2.83 bits per heavy atom. The highest BCUT2D eigenvalue weighted by Gasteiger charge is 2.17. The van der Waals surface area contributed by atoms with E-state index < -0.39 is 23.3 Å². The van der Waals surface area contributed by atoms with Crippen LogP contribution in [0.5, 0.6) is 0 Å². The summed E-state index contributed by atoms with van der Waals surface area (Å²) in [6.07, 6.45) is 1.33. The largest absolute Gasteiger partial charge is 0.391 e. The van der Waals surface area contributed by atoms with Gasteiger partial charge in [-0.3, -0.25) is 9.59 Å². The third kappa shape index (κ3) is 3.71. The Bertz CT molecular complexity index is 791. The van der Waals surface area contributed by atoms with Crippen molar-refractivity contribution in [3.05, 3.63) is 45.0 Å². The van der Waals surface area contributed by atoms with E-state index in [4.69, 9.17) is 11.6 Å². The minimum atomic E-state index is -0.727. The second-order valence-electron chi connectivity index (χ2n) is 5.51. The lowest BCUT2D eigenvalue weighted by Crippen LogP contribution is -2.37. The van der Waals surface area contributed by atoms with E-state index in [2.05, 4.69) is 10.3 Å². The molecule has 2 aromatic rings. The number of hydrogen-bond donors (Lipinski definition) is 3. The molecule has 0 saturated heterocycles. The maximum Gasteiger partial charge on any atom is 0.256 e. The molecular weight excluding hydrogens is 323 g/mol. The number of amides is 1. The van der Waals surface area contributed by atoms with Crippen molar-refractivity contribution in [1.82, 2.24) is 10.3 Å². The summed E-state index contributed by atoms with van der Waals surface area (Å²) in [6.45, 7) is 3.84. The SMILES string of the molecule is CCC(C)C(O)CNC(=O)c1c[nH]c2cc(Cl)c(F)cc2c1=O. The Kier molecular flexibility index (Phi) is 5.38. The predicted molar refractivity (Wildman–Crippen MR) is 87.3 cm³/mol. The second kappa shape index (κ2) is 7.10. The third-order valence-electron chi connectivity index (χ3n) is 3.94. The van der Waals surface area contributed by atoms with Crippen molar-refractivity contribution in [3.8, 4) is 0 Å². The lowest BCUT2D eigenvalue weighted by Gasteiger charge is -2.17. The molecule has 0 bridgehead atoms. The maximum absolute atomic E-state index is 13.5. The molecule has 0 aliphatic heterocycles. The number of H-pyrrole nitrogens is 1. The molecule has 2 unspecified atom stereocenters. The molecule has 0 radical (unpaired) electrons. The number of nitrogens with one attached hydrogen (secondary N) is 2. The van der Waals surface area contributed by atoms with E-state index in [1.54, 1.807) is 0 Å². The van der Waals surface area contributed by atoms with Crippen LogP contribution >= 0.6 is 11.6 Å². The molecule has 7 heteroatoms. The van der Waals surface area contributed by atoms with Crippen LogP contribution in [0.3, 0.4) is 0 Å². The van der Waals surface area contributed by atoms with E-state index in [0.717, 1.165) is 12.5 Å². The first kappa shape index (κ1) is 17.4. The third-order valence-corrected chi connectivity index (χ3v) is 4.23. The number of halogens is 2. The molecule has 0 saturated carbocycles. The Hall–Kier alpha value is -1.92. The molecule has 1 heterocycles. The van der Waals surface area contributed by atoms with Crippen molar-refractivity contribution in [2.45, 2.75) is 26.4 Å². The Labute approximate surface area is 137 Å². The van der Waals surface area contributed by atoms with Gasteiger partial charge in [0.25, 0.3) is 5.91 Å². The van der Waals surface area contributed by atoms with Gasteiger partial charge in [0.15, 0.2) is 0 Å². The van der Waals surface area contributed by atoms with Gasteiger partial charge in [-0.1, -0.05) is 31.9 Å². The van der Waals surface area contributed by atoms with E-state index >= 15 is 0 Å². The van der Waals surface area contributed by atoms with Crippen LogP contribution in [0, 0.1) is 11.7 Å². The number of pyridine rings is 1. The first-order valence-corrected chi connectivity index (χ1v) is 7.69. The molecule has 23 heavy (non-hydrogen) atoms. The van der Waals surface area contributed by atoms with Gasteiger partial charge in [0.2, 0.25) is 5.43 Å². The fourth-order valence-corrected chi connectivity index (χ4v) is 2.31. The fraction of sp³-hybridized carbons (Fsp3) is 0.375. The first-order chi connectivity index (χ1) is 10.8. The van der Waals surface area contributed by atoms with Crippen LogP contribution in [0.2, 0.25) is 5.02 Å². The van der Waals surface area contributed by atoms with E-state index in [1.807, 2.05) is 13.8 Å². The van der Waals surface area contributed by atoms with E-state index in [1.165, 1.54) is 12.3 Å². The topological polar surface area (TPSA) is 82.2 Å². The number of aliphatic hydroxyl groups is 1. The highest BCUT2D eigenvalue weighted by Crippen LogP contribution is 2.19. The number of aliphatic hydroxyl groups excluding tert-OH is 1. The highest BCUT2D eigenvalue weighted by molar-refractivity contribution is 6.31. The number of hydrogen-bond acceptors (Lipinski definition) is 3. The van der Waals surface area contributed by atoms with Crippen LogP contribution in [0.25, 0.3) is 10.9 Å². The molecule has 2 atom stereocenters. The molecular formula is C16H18ClFN2O3. The lowest BCUT2D eigenvalue weighted by atomic mass is 10.0. The summed E-state index contributed by atoms with van der Waals surface area (Å²) in [6, 6.07) is 2.29. The first-order valence-electron chi connectivity index (χ1n) is 7.31. The van der Waals surface area contributed by atoms with Gasteiger partial charge in [-0.2, -0.15) is 0 Å². The summed E-state index contributed by atoms with van der Waals surface area (Å²) in [5, 5.41) is 12.3. The normalized spacial score (nSPS) is 13.8. The number of fused-ring (bicyclic) bond motifs is 1. The van der Waals surface area contributed by atoms with Gasteiger partial charge < -0.3 is 15.4 Å². The van der Waals surface area contributed by atoms with Crippen molar-refractivity contribution in [3.63, 3.8) is 0 Å². The Balaban J connectivity index is 2.26. The van der Waals surface area contributed by atoms with Crippen LogP contribution < -0.4 is 10.7 Å².